The Bertz CT molecular complexity index is 511. The Morgan fingerprint density at radius 3 is 2.70 bits per heavy atom. The van der Waals surface area contributed by atoms with Gasteiger partial charge in [0.25, 0.3) is 0 Å². The van der Waals surface area contributed by atoms with Gasteiger partial charge in [0.2, 0.25) is 0 Å². The van der Waals surface area contributed by atoms with Crippen LogP contribution in [-0.4, -0.2) is 16.3 Å². The maximum absolute atomic E-state index is 4.28. The Hall–Kier alpha value is -1.77. The summed E-state index contributed by atoms with van der Waals surface area (Å²) in [6.45, 7) is 1.10. The van der Waals surface area contributed by atoms with Crippen molar-refractivity contribution in [3.05, 3.63) is 42.7 Å². The van der Waals surface area contributed by atoms with Crippen LogP contribution in [0, 0.1) is 5.92 Å². The van der Waals surface area contributed by atoms with E-state index in [1.165, 1.54) is 44.2 Å². The molecule has 0 bridgehead atoms. The number of hydrogen-bond donors (Lipinski definition) is 1. The van der Waals surface area contributed by atoms with Crippen molar-refractivity contribution in [3.8, 4) is 5.69 Å². The van der Waals surface area contributed by atoms with Crippen molar-refractivity contribution >= 4 is 5.69 Å². The van der Waals surface area contributed by atoms with Crippen molar-refractivity contribution in [3.63, 3.8) is 0 Å². The average Bonchev–Trinajstić information content (AvgIpc) is 2.90. The van der Waals surface area contributed by atoms with Crippen molar-refractivity contribution in [2.24, 2.45) is 5.92 Å². The highest BCUT2D eigenvalue weighted by Gasteiger charge is 2.11. The molecule has 20 heavy (non-hydrogen) atoms. The van der Waals surface area contributed by atoms with Crippen molar-refractivity contribution < 1.29 is 0 Å². The Kier molecular flexibility index (Phi) is 4.36. The summed E-state index contributed by atoms with van der Waals surface area (Å²) in [5, 5.41) is 7.88. The molecule has 0 amide bonds. The van der Waals surface area contributed by atoms with Crippen LogP contribution < -0.4 is 5.32 Å². The Morgan fingerprint density at radius 1 is 1.10 bits per heavy atom. The molecule has 3 nitrogen and oxygen atoms in total. The van der Waals surface area contributed by atoms with Crippen LogP contribution in [0.2, 0.25) is 0 Å². The van der Waals surface area contributed by atoms with Gasteiger partial charge in [0.05, 0.1) is 5.69 Å². The van der Waals surface area contributed by atoms with Gasteiger partial charge in [-0.1, -0.05) is 31.7 Å². The fraction of sp³-hybridized carbons (Fsp3) is 0.471. The second-order valence-electron chi connectivity index (χ2n) is 5.74. The second kappa shape index (κ2) is 6.60. The van der Waals surface area contributed by atoms with Crippen LogP contribution in [0.4, 0.5) is 5.69 Å². The highest BCUT2D eigenvalue weighted by Crippen LogP contribution is 2.23. The first-order valence-electron chi connectivity index (χ1n) is 7.76. The fourth-order valence-electron chi connectivity index (χ4n) is 3.01. The molecule has 0 aliphatic heterocycles. The molecule has 3 rings (SSSR count). The largest absolute Gasteiger partial charge is 0.385 e. The summed E-state index contributed by atoms with van der Waals surface area (Å²) in [4.78, 5) is 0. The van der Waals surface area contributed by atoms with Crippen molar-refractivity contribution in [1.82, 2.24) is 9.78 Å². The lowest BCUT2D eigenvalue weighted by molar-refractivity contribution is 0.483. The molecule has 3 heteroatoms. The van der Waals surface area contributed by atoms with Crippen LogP contribution in [0.5, 0.6) is 0 Å². The summed E-state index contributed by atoms with van der Waals surface area (Å²) in [5.74, 6) is 0.839. The first-order valence-corrected chi connectivity index (χ1v) is 7.76. The number of rotatable bonds is 4. The van der Waals surface area contributed by atoms with Gasteiger partial charge in [0, 0.05) is 24.6 Å². The third-order valence-corrected chi connectivity index (χ3v) is 4.18. The summed E-state index contributed by atoms with van der Waals surface area (Å²) >= 11 is 0. The lowest BCUT2D eigenvalue weighted by Gasteiger charge is -2.16. The van der Waals surface area contributed by atoms with Crippen molar-refractivity contribution in [2.75, 3.05) is 11.9 Å². The van der Waals surface area contributed by atoms with Gasteiger partial charge in [0.1, 0.15) is 0 Å². The van der Waals surface area contributed by atoms with Crippen molar-refractivity contribution in [1.29, 1.82) is 0 Å². The summed E-state index contributed by atoms with van der Waals surface area (Å²) in [6, 6.07) is 10.4. The normalized spacial score (nSPS) is 16.8. The Balaban J connectivity index is 1.61. The molecule has 106 valence electrons. The minimum absolute atomic E-state index is 0.839. The van der Waals surface area contributed by atoms with E-state index in [9.17, 15) is 0 Å². The van der Waals surface area contributed by atoms with Gasteiger partial charge in [-0.3, -0.25) is 0 Å². The van der Waals surface area contributed by atoms with Gasteiger partial charge >= 0.3 is 0 Å². The first kappa shape index (κ1) is 13.2. The molecule has 1 heterocycles. The molecule has 0 unspecified atom stereocenters. The molecule has 1 aromatic carbocycles. The maximum atomic E-state index is 4.28. The van der Waals surface area contributed by atoms with E-state index >= 15 is 0 Å². The highest BCUT2D eigenvalue weighted by atomic mass is 15.3. The van der Waals surface area contributed by atoms with Gasteiger partial charge < -0.3 is 5.32 Å². The van der Waals surface area contributed by atoms with E-state index in [4.69, 9.17) is 0 Å². The van der Waals surface area contributed by atoms with E-state index in [1.807, 2.05) is 23.1 Å². The molecule has 1 fully saturated rings. The number of nitrogens with one attached hydrogen (secondary N) is 1. The maximum Gasteiger partial charge on any atom is 0.0666 e. The predicted molar refractivity (Wildman–Crippen MR) is 83.2 cm³/mol. The average molecular weight is 269 g/mol. The summed E-state index contributed by atoms with van der Waals surface area (Å²) in [5.41, 5.74) is 2.31. The van der Waals surface area contributed by atoms with E-state index in [2.05, 4.69) is 34.7 Å². The molecule has 1 aromatic heterocycles. The summed E-state index contributed by atoms with van der Waals surface area (Å²) in [6.07, 6.45) is 12.2. The molecule has 0 saturated heterocycles. The zero-order chi connectivity index (χ0) is 13.6. The molecule has 0 radical (unpaired) electrons. The Labute approximate surface area is 121 Å². The quantitative estimate of drug-likeness (QED) is 0.841. The van der Waals surface area contributed by atoms with Gasteiger partial charge in [-0.05, 0) is 43.0 Å². The number of nitrogens with zero attached hydrogens (tertiary/aromatic N) is 2. The zero-order valence-electron chi connectivity index (χ0n) is 12.0. The smallest absolute Gasteiger partial charge is 0.0666 e. The van der Waals surface area contributed by atoms with Gasteiger partial charge in [-0.25, -0.2) is 4.68 Å². The van der Waals surface area contributed by atoms with E-state index in [1.54, 1.807) is 0 Å². The van der Waals surface area contributed by atoms with Crippen LogP contribution in [-0.2, 0) is 0 Å². The van der Waals surface area contributed by atoms with Crippen LogP contribution in [0.25, 0.3) is 5.69 Å². The third kappa shape index (κ3) is 3.41. The molecular weight excluding hydrogens is 246 g/mol. The minimum Gasteiger partial charge on any atom is -0.385 e. The third-order valence-electron chi connectivity index (χ3n) is 4.18. The van der Waals surface area contributed by atoms with Crippen LogP contribution in [0.3, 0.4) is 0 Å². The zero-order valence-corrected chi connectivity index (χ0v) is 12.0. The number of hydrogen-bond acceptors (Lipinski definition) is 2. The SMILES string of the molecule is c1cc(NCC2CCCCCC2)cc(-n2cccn2)c1. The van der Waals surface area contributed by atoms with E-state index in [0.29, 0.717) is 0 Å². The number of aromatic nitrogens is 2. The lowest BCUT2D eigenvalue weighted by atomic mass is 10.0. The van der Waals surface area contributed by atoms with E-state index in [0.717, 1.165) is 18.2 Å². The number of anilines is 1. The monoisotopic (exact) mass is 269 g/mol. The van der Waals surface area contributed by atoms with Gasteiger partial charge in [-0.2, -0.15) is 5.10 Å². The molecule has 2 aromatic rings. The second-order valence-corrected chi connectivity index (χ2v) is 5.74. The van der Waals surface area contributed by atoms with Crippen molar-refractivity contribution in [2.45, 2.75) is 38.5 Å². The lowest BCUT2D eigenvalue weighted by Crippen LogP contribution is -2.13. The standard InChI is InChI=1S/C17H23N3/c1-2-4-8-15(7-3-1)14-18-16-9-5-10-17(13-16)20-12-6-11-19-20/h5-6,9-13,15,18H,1-4,7-8,14H2. The summed E-state index contributed by atoms with van der Waals surface area (Å²) < 4.78 is 1.90. The van der Waals surface area contributed by atoms with Crippen LogP contribution >= 0.6 is 0 Å². The predicted octanol–water partition coefficient (Wildman–Crippen LogP) is 4.25. The number of benzene rings is 1. The topological polar surface area (TPSA) is 29.9 Å². The molecule has 1 saturated carbocycles. The molecular formula is C17H23N3. The summed E-state index contributed by atoms with van der Waals surface area (Å²) in [7, 11) is 0. The fourth-order valence-corrected chi connectivity index (χ4v) is 3.01. The van der Waals surface area contributed by atoms with Gasteiger partial charge in [0.15, 0.2) is 0 Å². The van der Waals surface area contributed by atoms with Gasteiger partial charge in [-0.15, -0.1) is 0 Å². The minimum atomic E-state index is 0.839. The molecule has 0 spiro atoms. The first-order chi connectivity index (χ1) is 9.92. The molecule has 0 atom stereocenters. The van der Waals surface area contributed by atoms with Crippen LogP contribution in [0.15, 0.2) is 42.7 Å². The molecule has 1 aliphatic rings. The Morgan fingerprint density at radius 2 is 1.95 bits per heavy atom. The van der Waals surface area contributed by atoms with E-state index in [-0.39, 0.29) is 0 Å². The van der Waals surface area contributed by atoms with Crippen LogP contribution in [0.1, 0.15) is 38.5 Å². The highest BCUT2D eigenvalue weighted by molar-refractivity contribution is 5.50. The molecule has 1 aliphatic carbocycles. The molecule has 1 N–H and O–H groups in total. The van der Waals surface area contributed by atoms with E-state index < -0.39 is 0 Å².